The summed E-state index contributed by atoms with van der Waals surface area (Å²) < 4.78 is 0. The topological polar surface area (TPSA) is 0 Å². The summed E-state index contributed by atoms with van der Waals surface area (Å²) in [5, 5.41) is 11.7. The van der Waals surface area contributed by atoms with Gasteiger partial charge in [-0.25, -0.2) is 0 Å². The maximum absolute atomic E-state index is 2.27. The fourth-order valence-corrected chi connectivity index (χ4v) is 3.62. The van der Waals surface area contributed by atoms with E-state index in [1.807, 2.05) is 0 Å². The quantitative estimate of drug-likeness (QED) is 0.340. The van der Waals surface area contributed by atoms with Crippen LogP contribution in [0.1, 0.15) is 11.1 Å². The van der Waals surface area contributed by atoms with Crippen LogP contribution in [0.25, 0.3) is 43.1 Å². The van der Waals surface area contributed by atoms with E-state index in [0.717, 1.165) is 0 Å². The molecule has 0 spiro atoms. The second-order valence-corrected chi connectivity index (χ2v) is 5.46. The van der Waals surface area contributed by atoms with Crippen LogP contribution in [-0.2, 0) is 0 Å². The molecule has 0 aliphatic rings. The minimum absolute atomic E-state index is 1.44. The molecule has 0 aliphatic carbocycles. The molecule has 0 N–H and O–H groups in total. The molecule has 5 aromatic rings. The van der Waals surface area contributed by atoms with Crippen molar-refractivity contribution in [3.05, 3.63) is 47.5 Å². The minimum Gasteiger partial charge on any atom is -0.0610 e. The molecule has 5 rings (SSSR count). The van der Waals surface area contributed by atoms with Gasteiger partial charge in [0.15, 0.2) is 0 Å². The molecule has 0 nitrogen and oxygen atoms in total. The van der Waals surface area contributed by atoms with Crippen molar-refractivity contribution in [1.29, 1.82) is 0 Å². The Morgan fingerprint density at radius 2 is 0.778 bits per heavy atom. The second-order valence-electron chi connectivity index (χ2n) is 5.46. The van der Waals surface area contributed by atoms with Crippen LogP contribution >= 0.6 is 0 Å². The van der Waals surface area contributed by atoms with Crippen molar-refractivity contribution in [2.75, 3.05) is 0 Å². The minimum atomic E-state index is 1.44. The first-order valence-corrected chi connectivity index (χ1v) is 6.49. The van der Waals surface area contributed by atoms with Gasteiger partial charge in [-0.15, -0.1) is 0 Å². The normalized spacial score (nSPS) is 13.0. The van der Waals surface area contributed by atoms with Gasteiger partial charge in [-0.1, -0.05) is 36.4 Å². The molecule has 18 heavy (non-hydrogen) atoms. The largest absolute Gasteiger partial charge is 0.0610 e. The monoisotopic (exact) mass is 228 g/mol. The van der Waals surface area contributed by atoms with Crippen LogP contribution in [0.2, 0.25) is 0 Å². The number of hydrogen-bond acceptors (Lipinski definition) is 0. The smallest absolute Gasteiger partial charge is 0.00604 e. The molecule has 0 saturated carbocycles. The van der Waals surface area contributed by atoms with E-state index < -0.39 is 0 Å². The summed E-state index contributed by atoms with van der Waals surface area (Å²) in [4.78, 5) is 0. The zero-order chi connectivity index (χ0) is 12.0. The third kappa shape index (κ3) is 0.799. The average Bonchev–Trinajstić information content (AvgIpc) is 3.02. The van der Waals surface area contributed by atoms with Crippen LogP contribution in [-0.4, -0.2) is 0 Å². The van der Waals surface area contributed by atoms with Gasteiger partial charge in [0.05, 0.1) is 0 Å². The average molecular weight is 228 g/mol. The molecule has 0 aromatic heterocycles. The van der Waals surface area contributed by atoms with Gasteiger partial charge in [-0.2, -0.15) is 0 Å². The van der Waals surface area contributed by atoms with E-state index >= 15 is 0 Å². The van der Waals surface area contributed by atoms with Crippen molar-refractivity contribution in [2.45, 2.75) is 13.8 Å². The van der Waals surface area contributed by atoms with Gasteiger partial charge < -0.3 is 0 Å². The third-order valence-electron chi connectivity index (χ3n) is 4.58. The fraction of sp³-hybridized carbons (Fsp3) is 0.111. The van der Waals surface area contributed by atoms with Gasteiger partial charge in [-0.3, -0.25) is 0 Å². The van der Waals surface area contributed by atoms with Crippen LogP contribution in [0, 0.1) is 13.8 Å². The number of hydrogen-bond donors (Lipinski definition) is 0. The predicted octanol–water partition coefficient (Wildman–Crippen LogP) is 5.23. The number of fused-ring (bicyclic) bond motifs is 8. The molecule has 0 saturated heterocycles. The summed E-state index contributed by atoms with van der Waals surface area (Å²) in [6.07, 6.45) is 0. The standard InChI is InChI=1S/C18H12/c1-9-15-11-5-3-7-13(11)17-10(2)18(17)14-8-4-6-12(14)16(9)15/h3-8H,1-2H3. The number of rotatable bonds is 0. The summed E-state index contributed by atoms with van der Waals surface area (Å²) in [6.45, 7) is 4.50. The Morgan fingerprint density at radius 3 is 1.06 bits per heavy atom. The molecule has 0 radical (unpaired) electrons. The van der Waals surface area contributed by atoms with Gasteiger partial charge in [0.25, 0.3) is 0 Å². The van der Waals surface area contributed by atoms with Crippen molar-refractivity contribution in [2.24, 2.45) is 0 Å². The first kappa shape index (κ1) is 8.93. The summed E-state index contributed by atoms with van der Waals surface area (Å²) in [6, 6.07) is 13.5. The molecule has 0 heteroatoms. The third-order valence-corrected chi connectivity index (χ3v) is 4.58. The highest BCUT2D eigenvalue weighted by Crippen LogP contribution is 2.49. The summed E-state index contributed by atoms with van der Waals surface area (Å²) in [5.74, 6) is 0. The maximum Gasteiger partial charge on any atom is -0.00604 e. The Kier molecular flexibility index (Phi) is 1.25. The Bertz CT molecular complexity index is 860. The first-order valence-electron chi connectivity index (χ1n) is 6.49. The van der Waals surface area contributed by atoms with Crippen LogP contribution < -0.4 is 0 Å². The fourth-order valence-electron chi connectivity index (χ4n) is 3.62. The maximum atomic E-state index is 2.27. The molecular weight excluding hydrogens is 216 g/mol. The van der Waals surface area contributed by atoms with Crippen molar-refractivity contribution in [3.8, 4) is 0 Å². The Balaban J connectivity index is 2.26. The summed E-state index contributed by atoms with van der Waals surface area (Å²) in [5.41, 5.74) is 2.96. The van der Waals surface area contributed by atoms with E-state index in [1.165, 1.54) is 54.2 Å². The second kappa shape index (κ2) is 2.51. The van der Waals surface area contributed by atoms with Crippen LogP contribution in [0.5, 0.6) is 0 Å². The highest BCUT2D eigenvalue weighted by molar-refractivity contribution is 6.38. The van der Waals surface area contributed by atoms with Crippen molar-refractivity contribution < 1.29 is 0 Å². The molecular formula is C18H12. The molecule has 0 bridgehead atoms. The SMILES string of the molecule is Cc1c2c3cccc3c3c(C)c3c3cccc3c12. The summed E-state index contributed by atoms with van der Waals surface area (Å²) >= 11 is 0. The van der Waals surface area contributed by atoms with E-state index in [4.69, 9.17) is 0 Å². The highest BCUT2D eigenvalue weighted by Gasteiger charge is 2.22. The van der Waals surface area contributed by atoms with E-state index in [1.54, 1.807) is 0 Å². The van der Waals surface area contributed by atoms with Gasteiger partial charge >= 0.3 is 0 Å². The zero-order valence-corrected chi connectivity index (χ0v) is 10.5. The van der Waals surface area contributed by atoms with E-state index in [9.17, 15) is 0 Å². The van der Waals surface area contributed by atoms with Crippen LogP contribution in [0.4, 0.5) is 0 Å². The predicted molar refractivity (Wildman–Crippen MR) is 79.5 cm³/mol. The van der Waals surface area contributed by atoms with Crippen LogP contribution in [0.15, 0.2) is 36.4 Å². The van der Waals surface area contributed by atoms with Crippen molar-refractivity contribution >= 4 is 43.1 Å². The molecule has 5 aromatic carbocycles. The molecule has 0 fully saturated rings. The lowest BCUT2D eigenvalue weighted by Gasteiger charge is -1.85. The molecule has 0 atom stereocenters. The van der Waals surface area contributed by atoms with Crippen LogP contribution in [0.3, 0.4) is 0 Å². The lowest BCUT2D eigenvalue weighted by Crippen LogP contribution is -1.55. The van der Waals surface area contributed by atoms with Gasteiger partial charge in [0.1, 0.15) is 0 Å². The lowest BCUT2D eigenvalue weighted by molar-refractivity contribution is 1.72. The Labute approximate surface area is 105 Å². The molecule has 84 valence electrons. The van der Waals surface area contributed by atoms with Gasteiger partial charge in [0, 0.05) is 0 Å². The highest BCUT2D eigenvalue weighted by atomic mass is 14.3. The summed E-state index contributed by atoms with van der Waals surface area (Å²) in [7, 11) is 0. The molecule has 0 amide bonds. The molecule has 0 heterocycles. The van der Waals surface area contributed by atoms with E-state index in [0.29, 0.717) is 0 Å². The zero-order valence-electron chi connectivity index (χ0n) is 10.5. The van der Waals surface area contributed by atoms with Crippen molar-refractivity contribution in [1.82, 2.24) is 0 Å². The number of aryl methyl sites for hydroxylation is 2. The first-order chi connectivity index (χ1) is 8.79. The van der Waals surface area contributed by atoms with E-state index in [2.05, 4.69) is 50.2 Å². The van der Waals surface area contributed by atoms with Crippen molar-refractivity contribution in [3.63, 3.8) is 0 Å². The molecule has 0 unspecified atom stereocenters. The van der Waals surface area contributed by atoms with Gasteiger partial charge in [-0.05, 0) is 68.1 Å². The van der Waals surface area contributed by atoms with E-state index in [-0.39, 0.29) is 0 Å². The Morgan fingerprint density at radius 1 is 0.500 bits per heavy atom. The lowest BCUT2D eigenvalue weighted by atomic mass is 10.2. The molecule has 0 aliphatic heterocycles. The Hall–Kier alpha value is -2.08. The van der Waals surface area contributed by atoms with Gasteiger partial charge in [0.2, 0.25) is 0 Å².